The van der Waals surface area contributed by atoms with Gasteiger partial charge in [0.1, 0.15) is 5.82 Å². The van der Waals surface area contributed by atoms with Gasteiger partial charge in [0.25, 0.3) is 0 Å². The van der Waals surface area contributed by atoms with Crippen LogP contribution >= 0.6 is 0 Å². The number of pyridine rings is 1. The van der Waals surface area contributed by atoms with E-state index in [1.807, 2.05) is 12.3 Å². The molecule has 1 aromatic heterocycles. The van der Waals surface area contributed by atoms with E-state index < -0.39 is 0 Å². The predicted octanol–water partition coefficient (Wildman–Crippen LogP) is 3.46. The summed E-state index contributed by atoms with van der Waals surface area (Å²) in [5, 5.41) is 3.95. The Bertz CT molecular complexity index is 425. The summed E-state index contributed by atoms with van der Waals surface area (Å²) in [7, 11) is 0. The van der Waals surface area contributed by atoms with E-state index in [0.29, 0.717) is 6.04 Å². The summed E-state index contributed by atoms with van der Waals surface area (Å²) in [5.41, 5.74) is 0. The van der Waals surface area contributed by atoms with E-state index in [-0.39, 0.29) is 0 Å². The van der Waals surface area contributed by atoms with E-state index in [9.17, 15) is 0 Å². The summed E-state index contributed by atoms with van der Waals surface area (Å²) < 4.78 is 0. The van der Waals surface area contributed by atoms with E-state index in [2.05, 4.69) is 41.2 Å². The average molecular weight is 287 g/mol. The molecule has 0 spiro atoms. The molecular weight excluding hydrogens is 258 g/mol. The molecule has 1 aromatic rings. The van der Waals surface area contributed by atoms with Crippen LogP contribution in [0.4, 0.5) is 5.82 Å². The Balaban J connectivity index is 1.48. The van der Waals surface area contributed by atoms with Crippen LogP contribution in [0.5, 0.6) is 0 Å². The van der Waals surface area contributed by atoms with Gasteiger partial charge >= 0.3 is 0 Å². The molecule has 0 radical (unpaired) electrons. The first-order valence-corrected chi connectivity index (χ1v) is 8.64. The first-order valence-electron chi connectivity index (χ1n) is 8.64. The van der Waals surface area contributed by atoms with Gasteiger partial charge in [0.2, 0.25) is 0 Å². The first kappa shape index (κ1) is 14.8. The standard InChI is InChI=1S/C18H29N3/c1-14-6-7-17(15(2)13-14)20-16-8-11-21(12-9-16)18-5-3-4-10-19-18/h3-5,10,14-17,20H,6-9,11-13H2,1-2H3. The molecule has 1 saturated carbocycles. The fourth-order valence-electron chi connectivity index (χ4n) is 4.03. The van der Waals surface area contributed by atoms with Crippen LogP contribution < -0.4 is 10.2 Å². The molecule has 2 heterocycles. The van der Waals surface area contributed by atoms with Gasteiger partial charge < -0.3 is 10.2 Å². The Morgan fingerprint density at radius 3 is 2.57 bits per heavy atom. The van der Waals surface area contributed by atoms with Gasteiger partial charge in [0.05, 0.1) is 0 Å². The third-order valence-electron chi connectivity index (χ3n) is 5.35. The molecule has 3 heteroatoms. The average Bonchev–Trinajstić information content (AvgIpc) is 2.52. The van der Waals surface area contributed by atoms with E-state index in [1.54, 1.807) is 0 Å². The van der Waals surface area contributed by atoms with Crippen molar-refractivity contribution in [3.05, 3.63) is 24.4 Å². The molecule has 1 aliphatic heterocycles. The Kier molecular flexibility index (Phi) is 4.79. The van der Waals surface area contributed by atoms with Gasteiger partial charge in [-0.05, 0) is 56.1 Å². The van der Waals surface area contributed by atoms with Crippen molar-refractivity contribution in [3.63, 3.8) is 0 Å². The van der Waals surface area contributed by atoms with Crippen molar-refractivity contribution < 1.29 is 0 Å². The van der Waals surface area contributed by atoms with Crippen LogP contribution in [0.2, 0.25) is 0 Å². The van der Waals surface area contributed by atoms with Gasteiger partial charge in [-0.2, -0.15) is 0 Å². The quantitative estimate of drug-likeness (QED) is 0.922. The van der Waals surface area contributed by atoms with Gasteiger partial charge in [0.15, 0.2) is 0 Å². The van der Waals surface area contributed by atoms with Crippen molar-refractivity contribution in [1.82, 2.24) is 10.3 Å². The number of anilines is 1. The van der Waals surface area contributed by atoms with Crippen LogP contribution in [0.15, 0.2) is 24.4 Å². The van der Waals surface area contributed by atoms with Crippen molar-refractivity contribution >= 4 is 5.82 Å². The first-order chi connectivity index (χ1) is 10.2. The highest BCUT2D eigenvalue weighted by molar-refractivity contribution is 5.38. The van der Waals surface area contributed by atoms with E-state index in [0.717, 1.165) is 36.8 Å². The number of rotatable bonds is 3. The molecule has 0 bridgehead atoms. The number of nitrogens with zero attached hydrogens (tertiary/aromatic N) is 2. The van der Waals surface area contributed by atoms with Crippen LogP contribution in [0, 0.1) is 11.8 Å². The topological polar surface area (TPSA) is 28.2 Å². The van der Waals surface area contributed by atoms with Crippen LogP contribution in [0.1, 0.15) is 46.0 Å². The minimum Gasteiger partial charge on any atom is -0.357 e. The minimum atomic E-state index is 0.700. The molecule has 116 valence electrons. The van der Waals surface area contributed by atoms with Gasteiger partial charge in [-0.25, -0.2) is 4.98 Å². The van der Waals surface area contributed by atoms with Gasteiger partial charge in [-0.3, -0.25) is 0 Å². The third-order valence-corrected chi connectivity index (χ3v) is 5.35. The number of nitrogens with one attached hydrogen (secondary N) is 1. The predicted molar refractivity (Wildman–Crippen MR) is 88.6 cm³/mol. The highest BCUT2D eigenvalue weighted by Gasteiger charge is 2.28. The fraction of sp³-hybridized carbons (Fsp3) is 0.722. The smallest absolute Gasteiger partial charge is 0.128 e. The van der Waals surface area contributed by atoms with Crippen LogP contribution in [-0.2, 0) is 0 Å². The van der Waals surface area contributed by atoms with Crippen molar-refractivity contribution in [3.8, 4) is 0 Å². The second-order valence-electron chi connectivity index (χ2n) is 7.12. The molecule has 3 nitrogen and oxygen atoms in total. The second-order valence-corrected chi connectivity index (χ2v) is 7.12. The zero-order chi connectivity index (χ0) is 14.7. The Hall–Kier alpha value is -1.09. The highest BCUT2D eigenvalue weighted by Crippen LogP contribution is 2.29. The Morgan fingerprint density at radius 2 is 1.90 bits per heavy atom. The molecule has 21 heavy (non-hydrogen) atoms. The van der Waals surface area contributed by atoms with Crippen molar-refractivity contribution in [2.24, 2.45) is 11.8 Å². The molecule has 1 saturated heterocycles. The normalized spacial score (nSPS) is 31.3. The summed E-state index contributed by atoms with van der Waals surface area (Å²) in [6.07, 6.45) is 8.54. The van der Waals surface area contributed by atoms with Crippen molar-refractivity contribution in [2.45, 2.75) is 58.0 Å². The maximum atomic E-state index is 4.47. The highest BCUT2D eigenvalue weighted by atomic mass is 15.2. The van der Waals surface area contributed by atoms with Crippen molar-refractivity contribution in [1.29, 1.82) is 0 Å². The van der Waals surface area contributed by atoms with Crippen LogP contribution in [0.25, 0.3) is 0 Å². The summed E-state index contributed by atoms with van der Waals surface area (Å²) >= 11 is 0. The van der Waals surface area contributed by atoms with Crippen LogP contribution in [0.3, 0.4) is 0 Å². The number of hydrogen-bond donors (Lipinski definition) is 1. The van der Waals surface area contributed by atoms with E-state index in [1.165, 1.54) is 32.1 Å². The molecule has 3 atom stereocenters. The zero-order valence-corrected chi connectivity index (χ0v) is 13.5. The summed E-state index contributed by atoms with van der Waals surface area (Å²) in [6.45, 7) is 7.09. The SMILES string of the molecule is CC1CCC(NC2CCN(c3ccccn3)CC2)C(C)C1. The second kappa shape index (κ2) is 6.78. The summed E-state index contributed by atoms with van der Waals surface area (Å²) in [6, 6.07) is 7.64. The van der Waals surface area contributed by atoms with Gasteiger partial charge in [-0.15, -0.1) is 0 Å². The summed E-state index contributed by atoms with van der Waals surface area (Å²) in [5.74, 6) is 2.89. The lowest BCUT2D eigenvalue weighted by Gasteiger charge is -2.39. The number of aromatic nitrogens is 1. The molecule has 2 aliphatic rings. The maximum Gasteiger partial charge on any atom is 0.128 e. The molecular formula is C18H29N3. The van der Waals surface area contributed by atoms with E-state index in [4.69, 9.17) is 0 Å². The van der Waals surface area contributed by atoms with E-state index >= 15 is 0 Å². The lowest BCUT2D eigenvalue weighted by Crippen LogP contribution is -2.49. The minimum absolute atomic E-state index is 0.700. The molecule has 2 fully saturated rings. The third kappa shape index (κ3) is 3.76. The van der Waals surface area contributed by atoms with Gasteiger partial charge in [0, 0.05) is 31.4 Å². The Labute approximate surface area is 129 Å². The van der Waals surface area contributed by atoms with Crippen LogP contribution in [-0.4, -0.2) is 30.2 Å². The monoisotopic (exact) mass is 287 g/mol. The molecule has 3 rings (SSSR count). The molecule has 1 N–H and O–H groups in total. The lowest BCUT2D eigenvalue weighted by atomic mass is 9.79. The Morgan fingerprint density at radius 1 is 1.10 bits per heavy atom. The lowest BCUT2D eigenvalue weighted by molar-refractivity contribution is 0.204. The number of hydrogen-bond acceptors (Lipinski definition) is 3. The maximum absolute atomic E-state index is 4.47. The van der Waals surface area contributed by atoms with Crippen molar-refractivity contribution in [2.75, 3.05) is 18.0 Å². The van der Waals surface area contributed by atoms with Gasteiger partial charge in [-0.1, -0.05) is 19.9 Å². The zero-order valence-electron chi connectivity index (χ0n) is 13.5. The molecule has 3 unspecified atom stereocenters. The fourth-order valence-corrected chi connectivity index (χ4v) is 4.03. The number of piperidine rings is 1. The largest absolute Gasteiger partial charge is 0.357 e. The summed E-state index contributed by atoms with van der Waals surface area (Å²) in [4.78, 5) is 6.89. The molecule has 1 aliphatic carbocycles. The molecule has 0 amide bonds. The molecule has 0 aromatic carbocycles.